The first-order valence-electron chi connectivity index (χ1n) is 4.61. The minimum atomic E-state index is -1.26. The summed E-state index contributed by atoms with van der Waals surface area (Å²) in [6.07, 6.45) is 5.26. The summed E-state index contributed by atoms with van der Waals surface area (Å²) < 4.78 is 0. The lowest BCUT2D eigenvalue weighted by atomic mass is 10.1. The summed E-state index contributed by atoms with van der Waals surface area (Å²) in [5, 5.41) is 0. The summed E-state index contributed by atoms with van der Waals surface area (Å²) in [5.74, 6) is 5.77. The van der Waals surface area contributed by atoms with Gasteiger partial charge in [0, 0.05) is 11.1 Å². The Hall–Kier alpha value is -1.44. The van der Waals surface area contributed by atoms with Crippen LogP contribution in [-0.2, 0) is 0 Å². The monoisotopic (exact) mass is 198 g/mol. The zero-order valence-corrected chi connectivity index (χ0v) is 9.89. The van der Waals surface area contributed by atoms with Crippen molar-refractivity contribution in [1.29, 1.82) is 0 Å². The molecule has 1 rings (SSSR count). The van der Waals surface area contributed by atoms with Crippen LogP contribution in [0, 0.1) is 23.8 Å². The van der Waals surface area contributed by atoms with Crippen molar-refractivity contribution in [1.82, 2.24) is 0 Å². The molecule has 0 saturated heterocycles. The molecule has 0 fully saturated rings. The van der Waals surface area contributed by atoms with Crippen LogP contribution >= 0.6 is 0 Å². The minimum Gasteiger partial charge on any atom is -0.127 e. The molecule has 0 aliphatic rings. The Kier molecular flexibility index (Phi) is 3.17. The van der Waals surface area contributed by atoms with Crippen molar-refractivity contribution in [2.75, 3.05) is 0 Å². The zero-order valence-electron chi connectivity index (χ0n) is 8.89. The highest BCUT2D eigenvalue weighted by molar-refractivity contribution is 6.83. The molecule has 0 nitrogen and oxygen atoms in total. The summed E-state index contributed by atoms with van der Waals surface area (Å²) >= 11 is 0. The van der Waals surface area contributed by atoms with Crippen LogP contribution < -0.4 is 0 Å². The van der Waals surface area contributed by atoms with Crippen LogP contribution in [0.5, 0.6) is 0 Å². The molecular formula is C13H14Si. The topological polar surface area (TPSA) is 0 Å². The molecule has 1 aromatic rings. The second-order valence-corrected chi connectivity index (χ2v) is 8.97. The largest absolute Gasteiger partial charge is 0.129 e. The maximum absolute atomic E-state index is 5.26. The van der Waals surface area contributed by atoms with E-state index in [9.17, 15) is 0 Å². The minimum absolute atomic E-state index is 0.906. The van der Waals surface area contributed by atoms with Gasteiger partial charge in [0.25, 0.3) is 0 Å². The van der Waals surface area contributed by atoms with Gasteiger partial charge in [0.15, 0.2) is 0 Å². The van der Waals surface area contributed by atoms with Gasteiger partial charge in [-0.3, -0.25) is 0 Å². The Morgan fingerprint density at radius 2 is 1.50 bits per heavy atom. The van der Waals surface area contributed by atoms with Crippen molar-refractivity contribution >= 4 is 8.07 Å². The van der Waals surface area contributed by atoms with Gasteiger partial charge in [-0.2, -0.15) is 0 Å². The average molecular weight is 198 g/mol. The van der Waals surface area contributed by atoms with Gasteiger partial charge in [0.2, 0.25) is 0 Å². The van der Waals surface area contributed by atoms with Gasteiger partial charge >= 0.3 is 0 Å². The standard InChI is InChI=1S/C13H14Si/c1-5-12-6-8-13(9-7-12)10-11-14(2,3)4/h1,6-9H,2-4H3. The Bertz CT molecular complexity index is 402. The SMILES string of the molecule is C#Cc1ccc(C#C[Si](C)(C)C)cc1. The fourth-order valence-electron chi connectivity index (χ4n) is 0.909. The van der Waals surface area contributed by atoms with Gasteiger partial charge in [-0.05, 0) is 24.3 Å². The van der Waals surface area contributed by atoms with Crippen LogP contribution in [0.4, 0.5) is 0 Å². The van der Waals surface area contributed by atoms with Crippen LogP contribution in [0.1, 0.15) is 11.1 Å². The Morgan fingerprint density at radius 1 is 1.00 bits per heavy atom. The van der Waals surface area contributed by atoms with Crippen molar-refractivity contribution in [2.24, 2.45) is 0 Å². The summed E-state index contributed by atoms with van der Waals surface area (Å²) in [6, 6.07) is 7.80. The molecule has 70 valence electrons. The van der Waals surface area contributed by atoms with Crippen molar-refractivity contribution in [3.05, 3.63) is 35.4 Å². The second-order valence-electron chi connectivity index (χ2n) is 4.22. The summed E-state index contributed by atoms with van der Waals surface area (Å²) in [4.78, 5) is 0. The number of hydrogen-bond donors (Lipinski definition) is 0. The van der Waals surface area contributed by atoms with Gasteiger partial charge in [-0.1, -0.05) is 31.5 Å². The third kappa shape index (κ3) is 3.52. The predicted molar refractivity (Wildman–Crippen MR) is 64.6 cm³/mol. The summed E-state index contributed by atoms with van der Waals surface area (Å²) in [5.41, 5.74) is 5.27. The quantitative estimate of drug-likeness (QED) is 0.444. The summed E-state index contributed by atoms with van der Waals surface area (Å²) in [6.45, 7) is 6.70. The van der Waals surface area contributed by atoms with Crippen LogP contribution in [0.15, 0.2) is 24.3 Å². The third-order valence-electron chi connectivity index (χ3n) is 1.63. The highest BCUT2D eigenvalue weighted by Crippen LogP contribution is 2.03. The Morgan fingerprint density at radius 3 is 1.93 bits per heavy atom. The lowest BCUT2D eigenvalue weighted by molar-refractivity contribution is 1.60. The zero-order chi connectivity index (χ0) is 10.6. The maximum Gasteiger partial charge on any atom is 0.129 e. The molecule has 0 spiro atoms. The molecule has 0 radical (unpaired) electrons. The number of benzene rings is 1. The molecule has 0 atom stereocenters. The lowest BCUT2D eigenvalue weighted by Crippen LogP contribution is -2.16. The first-order chi connectivity index (χ1) is 6.51. The van der Waals surface area contributed by atoms with E-state index in [0.29, 0.717) is 0 Å². The summed E-state index contributed by atoms with van der Waals surface area (Å²) in [7, 11) is -1.26. The van der Waals surface area contributed by atoms with E-state index in [1.165, 1.54) is 0 Å². The van der Waals surface area contributed by atoms with E-state index in [1.54, 1.807) is 0 Å². The van der Waals surface area contributed by atoms with Gasteiger partial charge in [-0.15, -0.1) is 12.0 Å². The van der Waals surface area contributed by atoms with Gasteiger partial charge < -0.3 is 0 Å². The van der Waals surface area contributed by atoms with Gasteiger partial charge in [-0.25, -0.2) is 0 Å². The van der Waals surface area contributed by atoms with E-state index in [-0.39, 0.29) is 0 Å². The van der Waals surface area contributed by atoms with E-state index in [0.717, 1.165) is 11.1 Å². The second kappa shape index (κ2) is 4.18. The van der Waals surface area contributed by atoms with Crippen LogP contribution in [-0.4, -0.2) is 8.07 Å². The molecule has 0 aromatic heterocycles. The van der Waals surface area contributed by atoms with Crippen molar-refractivity contribution in [3.8, 4) is 23.8 Å². The van der Waals surface area contributed by atoms with E-state index in [4.69, 9.17) is 6.42 Å². The van der Waals surface area contributed by atoms with Crippen LogP contribution in [0.2, 0.25) is 19.6 Å². The maximum atomic E-state index is 5.26. The molecule has 0 N–H and O–H groups in total. The molecule has 0 amide bonds. The van der Waals surface area contributed by atoms with Crippen molar-refractivity contribution in [2.45, 2.75) is 19.6 Å². The first kappa shape index (κ1) is 10.6. The predicted octanol–water partition coefficient (Wildman–Crippen LogP) is 2.90. The molecule has 14 heavy (non-hydrogen) atoms. The van der Waals surface area contributed by atoms with Gasteiger partial charge in [0.1, 0.15) is 8.07 Å². The third-order valence-corrected chi connectivity index (χ3v) is 2.51. The molecule has 1 aromatic carbocycles. The normalized spacial score (nSPS) is 9.86. The van der Waals surface area contributed by atoms with Gasteiger partial charge in [0.05, 0.1) is 0 Å². The van der Waals surface area contributed by atoms with Crippen LogP contribution in [0.25, 0.3) is 0 Å². The van der Waals surface area contributed by atoms with E-state index in [1.807, 2.05) is 24.3 Å². The first-order valence-corrected chi connectivity index (χ1v) is 8.11. The molecule has 0 aliphatic heterocycles. The lowest BCUT2D eigenvalue weighted by Gasteiger charge is -2.03. The van der Waals surface area contributed by atoms with E-state index < -0.39 is 8.07 Å². The molecule has 0 saturated carbocycles. The molecule has 0 aliphatic carbocycles. The average Bonchev–Trinajstić information content (AvgIpc) is 2.14. The van der Waals surface area contributed by atoms with Crippen LogP contribution in [0.3, 0.4) is 0 Å². The number of hydrogen-bond acceptors (Lipinski definition) is 0. The smallest absolute Gasteiger partial charge is 0.127 e. The van der Waals surface area contributed by atoms with Crippen molar-refractivity contribution < 1.29 is 0 Å². The molecule has 0 unspecified atom stereocenters. The Labute approximate surface area is 87.4 Å². The fraction of sp³-hybridized carbons (Fsp3) is 0.231. The number of rotatable bonds is 0. The molecular weight excluding hydrogens is 184 g/mol. The highest BCUT2D eigenvalue weighted by Gasteiger charge is 2.07. The number of terminal acetylenes is 1. The Balaban J connectivity index is 2.89. The molecule has 1 heteroatoms. The molecule has 0 heterocycles. The molecule has 0 bridgehead atoms. The van der Waals surface area contributed by atoms with E-state index in [2.05, 4.69) is 37.0 Å². The van der Waals surface area contributed by atoms with E-state index >= 15 is 0 Å². The highest BCUT2D eigenvalue weighted by atomic mass is 28.3. The fourth-order valence-corrected chi connectivity index (χ4v) is 1.43. The van der Waals surface area contributed by atoms with Crippen molar-refractivity contribution in [3.63, 3.8) is 0 Å².